The lowest BCUT2D eigenvalue weighted by molar-refractivity contribution is -0.117. The SMILES string of the molecule is CC1CC1NC(=O)NC(=O)CCl. The van der Waals surface area contributed by atoms with Crippen molar-refractivity contribution in [2.24, 2.45) is 5.92 Å². The predicted molar refractivity (Wildman–Crippen MR) is 45.0 cm³/mol. The van der Waals surface area contributed by atoms with E-state index < -0.39 is 11.9 Å². The van der Waals surface area contributed by atoms with E-state index >= 15 is 0 Å². The Morgan fingerprint density at radius 3 is 2.58 bits per heavy atom. The fourth-order valence-electron chi connectivity index (χ4n) is 0.888. The van der Waals surface area contributed by atoms with Crippen molar-refractivity contribution in [3.8, 4) is 0 Å². The molecule has 4 nitrogen and oxygen atoms in total. The van der Waals surface area contributed by atoms with E-state index in [4.69, 9.17) is 11.6 Å². The third-order valence-corrected chi connectivity index (χ3v) is 2.04. The maximum atomic E-state index is 10.9. The highest BCUT2D eigenvalue weighted by molar-refractivity contribution is 6.28. The highest BCUT2D eigenvalue weighted by Gasteiger charge is 2.33. The molecule has 0 spiro atoms. The summed E-state index contributed by atoms with van der Waals surface area (Å²) in [5, 5.41) is 4.74. The third kappa shape index (κ3) is 2.70. The van der Waals surface area contributed by atoms with Gasteiger partial charge in [-0.1, -0.05) is 6.92 Å². The molecule has 1 fully saturated rings. The number of carbonyl (C=O) groups excluding carboxylic acids is 2. The van der Waals surface area contributed by atoms with Crippen molar-refractivity contribution < 1.29 is 9.59 Å². The lowest BCUT2D eigenvalue weighted by Gasteiger charge is -2.02. The number of carbonyl (C=O) groups is 2. The average Bonchev–Trinajstić information content (AvgIpc) is 2.66. The molecule has 0 aromatic heterocycles. The van der Waals surface area contributed by atoms with E-state index in [1.807, 2.05) is 6.92 Å². The van der Waals surface area contributed by atoms with Crippen LogP contribution < -0.4 is 10.6 Å². The first-order chi connectivity index (χ1) is 5.63. The van der Waals surface area contributed by atoms with Crippen LogP contribution >= 0.6 is 11.6 Å². The molecule has 2 unspecified atom stereocenters. The van der Waals surface area contributed by atoms with Crippen molar-refractivity contribution >= 4 is 23.5 Å². The number of hydrogen-bond donors (Lipinski definition) is 2. The average molecular weight is 191 g/mol. The maximum Gasteiger partial charge on any atom is 0.321 e. The van der Waals surface area contributed by atoms with Crippen LogP contribution in [0.3, 0.4) is 0 Å². The quantitative estimate of drug-likeness (QED) is 0.622. The molecule has 0 bridgehead atoms. The van der Waals surface area contributed by atoms with Crippen LogP contribution in [0.15, 0.2) is 0 Å². The molecule has 1 saturated carbocycles. The number of halogens is 1. The highest BCUT2D eigenvalue weighted by Crippen LogP contribution is 2.28. The van der Waals surface area contributed by atoms with Gasteiger partial charge < -0.3 is 5.32 Å². The zero-order valence-corrected chi connectivity index (χ0v) is 7.52. The van der Waals surface area contributed by atoms with Crippen LogP contribution in [0.2, 0.25) is 0 Å². The van der Waals surface area contributed by atoms with Crippen molar-refractivity contribution in [2.45, 2.75) is 19.4 Å². The Bertz CT molecular complexity index is 208. The predicted octanol–water partition coefficient (Wildman–Crippen LogP) is 0.459. The van der Waals surface area contributed by atoms with Crippen LogP contribution in [-0.4, -0.2) is 23.9 Å². The second-order valence-corrected chi connectivity index (χ2v) is 3.24. The Morgan fingerprint density at radius 1 is 1.58 bits per heavy atom. The van der Waals surface area contributed by atoms with E-state index in [0.29, 0.717) is 5.92 Å². The van der Waals surface area contributed by atoms with Gasteiger partial charge in [-0.25, -0.2) is 4.79 Å². The maximum absolute atomic E-state index is 10.9. The summed E-state index contributed by atoms with van der Waals surface area (Å²) in [5.41, 5.74) is 0. The number of imide groups is 1. The van der Waals surface area contributed by atoms with Crippen LogP contribution in [0, 0.1) is 5.92 Å². The van der Waals surface area contributed by atoms with Gasteiger partial charge in [0.05, 0.1) is 0 Å². The molecule has 68 valence electrons. The Hall–Kier alpha value is -0.770. The molecule has 2 atom stereocenters. The Balaban J connectivity index is 2.16. The first-order valence-electron chi connectivity index (χ1n) is 3.79. The minimum atomic E-state index is -0.470. The fraction of sp³-hybridized carbons (Fsp3) is 0.714. The fourth-order valence-corrected chi connectivity index (χ4v) is 0.954. The molecule has 5 heteroatoms. The lowest BCUT2D eigenvalue weighted by Crippen LogP contribution is -2.41. The molecule has 0 radical (unpaired) electrons. The van der Waals surface area contributed by atoms with Gasteiger partial charge in [-0.15, -0.1) is 11.6 Å². The Labute approximate surface area is 75.6 Å². The van der Waals surface area contributed by atoms with Crippen molar-refractivity contribution in [1.82, 2.24) is 10.6 Å². The van der Waals surface area contributed by atoms with E-state index in [1.165, 1.54) is 0 Å². The summed E-state index contributed by atoms with van der Waals surface area (Å²) in [5.74, 6) is -0.127. The first kappa shape index (κ1) is 9.32. The number of hydrogen-bond acceptors (Lipinski definition) is 2. The van der Waals surface area contributed by atoms with Gasteiger partial charge in [-0.05, 0) is 12.3 Å². The van der Waals surface area contributed by atoms with Crippen molar-refractivity contribution in [2.75, 3.05) is 5.88 Å². The van der Waals surface area contributed by atoms with Crippen LogP contribution in [0.5, 0.6) is 0 Å². The summed E-state index contributed by atoms with van der Waals surface area (Å²) in [6.07, 6.45) is 0.989. The number of rotatable bonds is 2. The van der Waals surface area contributed by atoms with Crippen molar-refractivity contribution in [3.63, 3.8) is 0 Å². The lowest BCUT2D eigenvalue weighted by atomic mass is 10.5. The monoisotopic (exact) mass is 190 g/mol. The van der Waals surface area contributed by atoms with Gasteiger partial charge in [0.2, 0.25) is 5.91 Å². The normalized spacial score (nSPS) is 26.2. The van der Waals surface area contributed by atoms with E-state index in [9.17, 15) is 9.59 Å². The largest absolute Gasteiger partial charge is 0.335 e. The van der Waals surface area contributed by atoms with Crippen LogP contribution in [0.1, 0.15) is 13.3 Å². The Morgan fingerprint density at radius 2 is 2.17 bits per heavy atom. The standard InChI is InChI=1S/C7H11ClN2O2/c1-4-2-5(4)9-7(12)10-6(11)3-8/h4-5H,2-3H2,1H3,(H2,9,10,11,12). The number of amides is 3. The highest BCUT2D eigenvalue weighted by atomic mass is 35.5. The van der Waals surface area contributed by atoms with Crippen LogP contribution in [0.25, 0.3) is 0 Å². The van der Waals surface area contributed by atoms with Crippen molar-refractivity contribution in [3.05, 3.63) is 0 Å². The van der Waals surface area contributed by atoms with E-state index in [0.717, 1.165) is 6.42 Å². The summed E-state index contributed by atoms with van der Waals surface area (Å²) < 4.78 is 0. The molecule has 3 amide bonds. The van der Waals surface area contributed by atoms with Crippen LogP contribution in [0.4, 0.5) is 4.79 Å². The van der Waals surface area contributed by atoms with Gasteiger partial charge in [-0.2, -0.15) is 0 Å². The number of alkyl halides is 1. The summed E-state index contributed by atoms with van der Waals surface area (Å²) >= 11 is 5.18. The molecule has 0 saturated heterocycles. The zero-order chi connectivity index (χ0) is 9.14. The zero-order valence-electron chi connectivity index (χ0n) is 6.76. The van der Waals surface area contributed by atoms with E-state index in [2.05, 4.69) is 10.6 Å². The molecular formula is C7H11ClN2O2. The van der Waals surface area contributed by atoms with Gasteiger partial charge in [0, 0.05) is 6.04 Å². The molecule has 0 heterocycles. The topological polar surface area (TPSA) is 58.2 Å². The van der Waals surface area contributed by atoms with Gasteiger partial charge in [0.15, 0.2) is 0 Å². The minimum absolute atomic E-state index is 0.187. The second-order valence-electron chi connectivity index (χ2n) is 2.97. The second kappa shape index (κ2) is 3.76. The number of nitrogens with one attached hydrogen (secondary N) is 2. The van der Waals surface area contributed by atoms with E-state index in [-0.39, 0.29) is 11.9 Å². The molecular weight excluding hydrogens is 180 g/mol. The first-order valence-corrected chi connectivity index (χ1v) is 4.33. The summed E-state index contributed by atoms with van der Waals surface area (Å²) in [4.78, 5) is 21.5. The summed E-state index contributed by atoms with van der Waals surface area (Å²) in [7, 11) is 0. The van der Waals surface area contributed by atoms with Gasteiger partial charge in [-0.3, -0.25) is 10.1 Å². The summed E-state index contributed by atoms with van der Waals surface area (Å²) in [6.45, 7) is 2.04. The molecule has 1 aliphatic rings. The van der Waals surface area contributed by atoms with Gasteiger partial charge >= 0.3 is 6.03 Å². The molecule has 1 rings (SSSR count). The van der Waals surface area contributed by atoms with Gasteiger partial charge in [0.25, 0.3) is 0 Å². The molecule has 0 aromatic rings. The third-order valence-electron chi connectivity index (χ3n) is 1.80. The summed E-state index contributed by atoms with van der Waals surface area (Å²) in [6, 6.07) is -0.219. The molecule has 2 N–H and O–H groups in total. The van der Waals surface area contributed by atoms with Crippen molar-refractivity contribution in [1.29, 1.82) is 0 Å². The molecule has 1 aliphatic carbocycles. The Kier molecular flexibility index (Phi) is 2.92. The van der Waals surface area contributed by atoms with Gasteiger partial charge in [0.1, 0.15) is 5.88 Å². The smallest absolute Gasteiger partial charge is 0.321 e. The molecule has 12 heavy (non-hydrogen) atoms. The number of urea groups is 1. The molecule has 0 aliphatic heterocycles. The minimum Gasteiger partial charge on any atom is -0.335 e. The molecule has 0 aromatic carbocycles. The van der Waals surface area contributed by atoms with Crippen LogP contribution in [-0.2, 0) is 4.79 Å². The van der Waals surface area contributed by atoms with E-state index in [1.54, 1.807) is 0 Å².